The lowest BCUT2D eigenvalue weighted by Crippen LogP contribution is -2.23. The van der Waals surface area contributed by atoms with E-state index in [-0.39, 0.29) is 5.91 Å². The summed E-state index contributed by atoms with van der Waals surface area (Å²) < 4.78 is 2.02. The third kappa shape index (κ3) is 2.69. The molecular formula is C15H18N6O. The second-order valence-corrected chi connectivity index (χ2v) is 5.15. The normalized spacial score (nSPS) is 11.0. The van der Waals surface area contributed by atoms with Crippen molar-refractivity contribution in [3.8, 4) is 0 Å². The molecule has 0 bridgehead atoms. The van der Waals surface area contributed by atoms with Gasteiger partial charge in [-0.3, -0.25) is 4.79 Å². The fourth-order valence-electron chi connectivity index (χ4n) is 2.43. The molecular weight excluding hydrogens is 280 g/mol. The Morgan fingerprint density at radius 2 is 2.05 bits per heavy atom. The summed E-state index contributed by atoms with van der Waals surface area (Å²) in [6, 6.07) is 8.04. The maximum absolute atomic E-state index is 10.8. The van der Waals surface area contributed by atoms with E-state index in [2.05, 4.69) is 25.8 Å². The van der Waals surface area contributed by atoms with E-state index >= 15 is 0 Å². The summed E-state index contributed by atoms with van der Waals surface area (Å²) in [6.07, 6.45) is 0.802. The van der Waals surface area contributed by atoms with E-state index in [1.807, 2.05) is 35.9 Å². The second-order valence-electron chi connectivity index (χ2n) is 5.15. The first-order chi connectivity index (χ1) is 10.7. The van der Waals surface area contributed by atoms with E-state index in [1.165, 1.54) is 6.92 Å². The lowest BCUT2D eigenvalue weighted by Gasteiger charge is -2.05. The highest BCUT2D eigenvalue weighted by Crippen LogP contribution is 2.24. The van der Waals surface area contributed by atoms with Crippen molar-refractivity contribution in [3.05, 3.63) is 24.3 Å². The zero-order valence-electron chi connectivity index (χ0n) is 12.6. The minimum atomic E-state index is -0.0187. The number of nitrogens with zero attached hydrogens (tertiary/aromatic N) is 4. The Bertz CT molecular complexity index is 825. The molecule has 1 aromatic carbocycles. The number of hydrogen-bond donors (Lipinski definition) is 2. The molecule has 3 rings (SSSR count). The van der Waals surface area contributed by atoms with Gasteiger partial charge in [-0.15, -0.1) is 10.2 Å². The van der Waals surface area contributed by atoms with E-state index in [0.717, 1.165) is 28.5 Å². The Kier molecular flexibility index (Phi) is 3.86. The molecule has 7 heteroatoms. The molecule has 0 saturated heterocycles. The standard InChI is InChI=1S/C15H18N6O/c1-10(22)16-8-5-9-17-15-18-14-13(19-20-15)11-6-3-4-7-12(11)21(14)2/h3-4,6-7H,5,8-9H2,1-2H3,(H,16,22)(H,17,18,20). The molecule has 2 aromatic heterocycles. The highest BCUT2D eigenvalue weighted by atomic mass is 16.1. The van der Waals surface area contributed by atoms with Gasteiger partial charge in [0, 0.05) is 32.4 Å². The number of anilines is 1. The molecule has 0 aliphatic rings. The highest BCUT2D eigenvalue weighted by Gasteiger charge is 2.11. The number of carbonyl (C=O) groups is 1. The monoisotopic (exact) mass is 298 g/mol. The average molecular weight is 298 g/mol. The maximum Gasteiger partial charge on any atom is 0.244 e. The zero-order valence-corrected chi connectivity index (χ0v) is 12.6. The lowest BCUT2D eigenvalue weighted by molar-refractivity contribution is -0.118. The number of nitrogens with one attached hydrogen (secondary N) is 2. The van der Waals surface area contributed by atoms with Crippen molar-refractivity contribution in [3.63, 3.8) is 0 Å². The fourth-order valence-corrected chi connectivity index (χ4v) is 2.43. The van der Waals surface area contributed by atoms with Crippen molar-refractivity contribution in [1.29, 1.82) is 0 Å². The van der Waals surface area contributed by atoms with Crippen LogP contribution >= 0.6 is 0 Å². The molecule has 2 heterocycles. The highest BCUT2D eigenvalue weighted by molar-refractivity contribution is 6.04. The third-order valence-corrected chi connectivity index (χ3v) is 3.52. The topological polar surface area (TPSA) is 84.7 Å². The molecule has 1 amide bonds. The van der Waals surface area contributed by atoms with Crippen LogP contribution in [-0.2, 0) is 11.8 Å². The van der Waals surface area contributed by atoms with Crippen molar-refractivity contribution in [2.45, 2.75) is 13.3 Å². The van der Waals surface area contributed by atoms with E-state index in [0.29, 0.717) is 19.0 Å². The Morgan fingerprint density at radius 3 is 2.86 bits per heavy atom. The van der Waals surface area contributed by atoms with Crippen LogP contribution in [-0.4, -0.2) is 38.7 Å². The number of amides is 1. The van der Waals surface area contributed by atoms with E-state index < -0.39 is 0 Å². The van der Waals surface area contributed by atoms with Crippen molar-refractivity contribution < 1.29 is 4.79 Å². The van der Waals surface area contributed by atoms with Gasteiger partial charge in [-0.25, -0.2) is 0 Å². The van der Waals surface area contributed by atoms with E-state index in [4.69, 9.17) is 0 Å². The number of aryl methyl sites for hydroxylation is 1. The smallest absolute Gasteiger partial charge is 0.244 e. The molecule has 0 radical (unpaired) electrons. The molecule has 0 saturated carbocycles. The summed E-state index contributed by atoms with van der Waals surface area (Å²) in [4.78, 5) is 15.3. The Labute approximate surface area is 127 Å². The predicted molar refractivity (Wildman–Crippen MR) is 85.6 cm³/mol. The minimum Gasteiger partial charge on any atom is -0.356 e. The first kappa shape index (κ1) is 14.2. The van der Waals surface area contributed by atoms with Gasteiger partial charge in [0.25, 0.3) is 0 Å². The second kappa shape index (κ2) is 5.97. The van der Waals surface area contributed by atoms with Crippen LogP contribution in [0.25, 0.3) is 22.1 Å². The molecule has 0 atom stereocenters. The van der Waals surface area contributed by atoms with Gasteiger partial charge in [-0.05, 0) is 12.5 Å². The third-order valence-electron chi connectivity index (χ3n) is 3.52. The number of rotatable bonds is 5. The molecule has 0 aliphatic carbocycles. The Hall–Kier alpha value is -2.70. The van der Waals surface area contributed by atoms with Crippen LogP contribution in [0.4, 0.5) is 5.95 Å². The van der Waals surface area contributed by atoms with Crippen LogP contribution in [0.1, 0.15) is 13.3 Å². The molecule has 0 aliphatic heterocycles. The minimum absolute atomic E-state index is 0.0187. The van der Waals surface area contributed by atoms with Gasteiger partial charge in [-0.1, -0.05) is 18.2 Å². The number of carbonyl (C=O) groups excluding carboxylic acids is 1. The number of benzene rings is 1. The van der Waals surface area contributed by atoms with Gasteiger partial charge < -0.3 is 15.2 Å². The summed E-state index contributed by atoms with van der Waals surface area (Å²) >= 11 is 0. The van der Waals surface area contributed by atoms with Crippen molar-refractivity contribution in [2.75, 3.05) is 18.4 Å². The number of fused-ring (bicyclic) bond motifs is 3. The zero-order chi connectivity index (χ0) is 15.5. The van der Waals surface area contributed by atoms with Crippen LogP contribution in [0.2, 0.25) is 0 Å². The maximum atomic E-state index is 10.8. The van der Waals surface area contributed by atoms with Crippen molar-refractivity contribution in [2.24, 2.45) is 7.05 Å². The van der Waals surface area contributed by atoms with Crippen molar-refractivity contribution in [1.82, 2.24) is 25.1 Å². The van der Waals surface area contributed by atoms with E-state index in [9.17, 15) is 4.79 Å². The van der Waals surface area contributed by atoms with Gasteiger partial charge >= 0.3 is 0 Å². The van der Waals surface area contributed by atoms with Gasteiger partial charge in [0.15, 0.2) is 5.65 Å². The predicted octanol–water partition coefficient (Wildman–Crippen LogP) is 1.45. The summed E-state index contributed by atoms with van der Waals surface area (Å²) in [5, 5.41) is 15.4. The summed E-state index contributed by atoms with van der Waals surface area (Å²) in [7, 11) is 1.97. The fraction of sp³-hybridized carbons (Fsp3) is 0.333. The summed E-state index contributed by atoms with van der Waals surface area (Å²) in [5.74, 6) is 0.482. The number of hydrogen-bond acceptors (Lipinski definition) is 5. The van der Waals surface area contributed by atoms with Gasteiger partial charge in [0.2, 0.25) is 11.9 Å². The first-order valence-corrected chi connectivity index (χ1v) is 7.23. The largest absolute Gasteiger partial charge is 0.356 e. The Balaban J connectivity index is 1.77. The molecule has 114 valence electrons. The molecule has 0 unspecified atom stereocenters. The van der Waals surface area contributed by atoms with E-state index in [1.54, 1.807) is 0 Å². The Morgan fingerprint density at radius 1 is 1.23 bits per heavy atom. The van der Waals surface area contributed by atoms with Gasteiger partial charge in [0.05, 0.1) is 5.52 Å². The van der Waals surface area contributed by atoms with Gasteiger partial charge in [-0.2, -0.15) is 4.98 Å². The molecule has 22 heavy (non-hydrogen) atoms. The molecule has 0 fully saturated rings. The van der Waals surface area contributed by atoms with Crippen LogP contribution in [0.3, 0.4) is 0 Å². The van der Waals surface area contributed by atoms with Gasteiger partial charge in [0.1, 0.15) is 5.52 Å². The number of para-hydroxylation sites is 1. The lowest BCUT2D eigenvalue weighted by atomic mass is 10.2. The summed E-state index contributed by atoms with van der Waals surface area (Å²) in [6.45, 7) is 2.82. The summed E-state index contributed by atoms with van der Waals surface area (Å²) in [5.41, 5.74) is 2.70. The molecule has 0 spiro atoms. The quantitative estimate of drug-likeness (QED) is 0.697. The first-order valence-electron chi connectivity index (χ1n) is 7.23. The molecule has 2 N–H and O–H groups in total. The average Bonchev–Trinajstić information content (AvgIpc) is 2.80. The molecule has 3 aromatic rings. The van der Waals surface area contributed by atoms with Crippen LogP contribution in [0.5, 0.6) is 0 Å². The van der Waals surface area contributed by atoms with Crippen LogP contribution in [0.15, 0.2) is 24.3 Å². The van der Waals surface area contributed by atoms with Crippen LogP contribution < -0.4 is 10.6 Å². The SMILES string of the molecule is CC(=O)NCCCNc1nnc2c3ccccc3n(C)c2n1. The van der Waals surface area contributed by atoms with Crippen LogP contribution in [0, 0.1) is 0 Å². The number of aromatic nitrogens is 4. The molecule has 7 nitrogen and oxygen atoms in total. The van der Waals surface area contributed by atoms with Crippen molar-refractivity contribution >= 4 is 33.9 Å².